The fourth-order valence-electron chi connectivity index (χ4n) is 2.37. The van der Waals surface area contributed by atoms with Crippen molar-refractivity contribution >= 4 is 37.1 Å². The van der Waals surface area contributed by atoms with Gasteiger partial charge in [-0.15, -0.1) is 0 Å². The first-order chi connectivity index (χ1) is 13.7. The van der Waals surface area contributed by atoms with Crippen LogP contribution in [0.2, 0.25) is 0 Å². The van der Waals surface area contributed by atoms with Crippen LogP contribution in [0.25, 0.3) is 0 Å². The monoisotopic (exact) mass is 431 g/mol. The van der Waals surface area contributed by atoms with E-state index in [-0.39, 0.29) is 16.3 Å². The van der Waals surface area contributed by atoms with Crippen molar-refractivity contribution in [2.24, 2.45) is 0 Å². The Morgan fingerprint density at radius 2 is 1.14 bits per heavy atom. The fraction of sp³-hybridized carbons (Fsp3) is 0. The van der Waals surface area contributed by atoms with Crippen LogP contribution in [0.15, 0.2) is 88.7 Å². The highest BCUT2D eigenvalue weighted by molar-refractivity contribution is 7.90. The first kappa shape index (κ1) is 20.3. The summed E-state index contributed by atoms with van der Waals surface area (Å²) in [5.41, 5.74) is -0.535. The van der Waals surface area contributed by atoms with Crippen LogP contribution < -0.4 is 9.44 Å². The van der Waals surface area contributed by atoms with E-state index in [1.807, 2.05) is 0 Å². The molecule has 0 aliphatic heterocycles. The van der Waals surface area contributed by atoms with Crippen molar-refractivity contribution in [2.45, 2.75) is 9.79 Å². The van der Waals surface area contributed by atoms with Crippen molar-refractivity contribution in [2.75, 3.05) is 0 Å². The average molecular weight is 431 g/mol. The molecule has 148 valence electrons. The molecular weight excluding hydrogens is 418 g/mol. The van der Waals surface area contributed by atoms with E-state index in [9.17, 15) is 26.9 Å². The molecule has 0 aliphatic rings. The van der Waals surface area contributed by atoms with Gasteiger partial charge in [0.15, 0.2) is 4.90 Å². The Labute approximate surface area is 167 Å². The van der Waals surface area contributed by atoms with E-state index >= 15 is 0 Å². The third-order valence-corrected chi connectivity index (χ3v) is 6.35. The molecule has 2 radical (unpaired) electrons. The van der Waals surface area contributed by atoms with Crippen molar-refractivity contribution in [1.29, 1.82) is 0 Å². The molecule has 0 saturated heterocycles. The molecule has 0 amide bonds. The van der Waals surface area contributed by atoms with Gasteiger partial charge in [-0.3, -0.25) is 10.1 Å². The maximum absolute atomic E-state index is 12.4. The maximum atomic E-state index is 12.4. The van der Waals surface area contributed by atoms with Gasteiger partial charge in [0.25, 0.3) is 25.7 Å². The number of nitro benzene ring substituents is 1. The van der Waals surface area contributed by atoms with Crippen LogP contribution in [-0.4, -0.2) is 21.8 Å². The lowest BCUT2D eigenvalue weighted by molar-refractivity contribution is -0.387. The fourth-order valence-corrected chi connectivity index (χ4v) is 4.53. The lowest BCUT2D eigenvalue weighted by Crippen LogP contribution is -2.14. The molecule has 0 unspecified atom stereocenters. The molecule has 0 aromatic heterocycles. The zero-order valence-corrected chi connectivity index (χ0v) is 16.2. The van der Waals surface area contributed by atoms with E-state index in [0.29, 0.717) is 0 Å². The van der Waals surface area contributed by atoms with E-state index in [1.54, 1.807) is 18.2 Å². The number of para-hydroxylation sites is 1. The third-order valence-electron chi connectivity index (χ3n) is 3.68. The zero-order chi connectivity index (χ0) is 21.1. The van der Waals surface area contributed by atoms with Gasteiger partial charge >= 0.3 is 0 Å². The van der Waals surface area contributed by atoms with Gasteiger partial charge in [0.1, 0.15) is 0 Å². The molecule has 0 heterocycles. The second-order valence-electron chi connectivity index (χ2n) is 5.69. The Hall–Kier alpha value is -3.44. The molecule has 9 nitrogen and oxygen atoms in total. The minimum Gasteiger partial charge on any atom is -0.258 e. The summed E-state index contributed by atoms with van der Waals surface area (Å²) in [6.45, 7) is 0. The smallest absolute Gasteiger partial charge is 0.258 e. The van der Waals surface area contributed by atoms with Gasteiger partial charge in [-0.05, 0) is 42.5 Å². The van der Waals surface area contributed by atoms with Crippen molar-refractivity contribution < 1.29 is 21.8 Å². The van der Waals surface area contributed by atoms with E-state index < -0.39 is 35.6 Å². The SMILES string of the molecule is O=[N+]([O-])c1ccccc1S(=O)(=O)[N]c1ccc([N]S(=O)(=O)c2ccccc2)cc1. The highest BCUT2D eigenvalue weighted by atomic mass is 32.2. The lowest BCUT2D eigenvalue weighted by Gasteiger charge is -2.07. The van der Waals surface area contributed by atoms with Gasteiger partial charge < -0.3 is 0 Å². The average Bonchev–Trinajstić information content (AvgIpc) is 2.70. The van der Waals surface area contributed by atoms with Gasteiger partial charge in [-0.1, -0.05) is 30.3 Å². The van der Waals surface area contributed by atoms with Crippen LogP contribution in [0.5, 0.6) is 0 Å². The van der Waals surface area contributed by atoms with E-state index in [2.05, 4.69) is 9.44 Å². The highest BCUT2D eigenvalue weighted by Gasteiger charge is 2.26. The summed E-state index contributed by atoms with van der Waals surface area (Å²) in [4.78, 5) is 9.72. The molecule has 0 saturated carbocycles. The highest BCUT2D eigenvalue weighted by Crippen LogP contribution is 2.26. The number of rotatable bonds is 7. The van der Waals surface area contributed by atoms with E-state index in [4.69, 9.17) is 0 Å². The number of hydrogen-bond acceptors (Lipinski definition) is 6. The van der Waals surface area contributed by atoms with Crippen molar-refractivity contribution in [3.05, 3.63) is 89.0 Å². The molecule has 0 atom stereocenters. The molecule has 0 fully saturated rings. The summed E-state index contributed by atoms with van der Waals surface area (Å²) in [5, 5.41) is 11.0. The Kier molecular flexibility index (Phi) is 5.52. The molecule has 0 aliphatic carbocycles. The van der Waals surface area contributed by atoms with Crippen molar-refractivity contribution in [3.63, 3.8) is 0 Å². The Bertz CT molecular complexity index is 1240. The quantitative estimate of drug-likeness (QED) is 0.416. The van der Waals surface area contributed by atoms with Crippen LogP contribution in [0.3, 0.4) is 0 Å². The molecule has 3 aromatic carbocycles. The van der Waals surface area contributed by atoms with Crippen molar-refractivity contribution in [3.8, 4) is 0 Å². The predicted molar refractivity (Wildman–Crippen MR) is 104 cm³/mol. The molecule has 29 heavy (non-hydrogen) atoms. The number of hydrogen-bond donors (Lipinski definition) is 0. The van der Waals surface area contributed by atoms with Crippen LogP contribution in [-0.2, 0) is 20.0 Å². The van der Waals surface area contributed by atoms with Crippen LogP contribution in [0.1, 0.15) is 0 Å². The minimum atomic E-state index is -4.35. The van der Waals surface area contributed by atoms with Gasteiger partial charge in [0.2, 0.25) is 0 Å². The van der Waals surface area contributed by atoms with Gasteiger partial charge in [0, 0.05) is 6.07 Å². The second kappa shape index (κ2) is 7.89. The lowest BCUT2D eigenvalue weighted by atomic mass is 10.3. The maximum Gasteiger partial charge on any atom is 0.289 e. The summed E-state index contributed by atoms with van der Waals surface area (Å²) >= 11 is 0. The standard InChI is InChI=1S/C18H13N3O6S2/c22-21(23)17-8-4-5-9-18(17)29(26,27)20-15-12-10-14(11-13-15)19-28(24,25)16-6-2-1-3-7-16/h1-13H. The van der Waals surface area contributed by atoms with Gasteiger partial charge in [0.05, 0.1) is 21.2 Å². The molecule has 3 rings (SSSR count). The topological polar surface area (TPSA) is 140 Å². The summed E-state index contributed by atoms with van der Waals surface area (Å²) in [6.07, 6.45) is 0. The number of nitrogens with zero attached hydrogens (tertiary/aromatic N) is 3. The summed E-state index contributed by atoms with van der Waals surface area (Å²) < 4.78 is 56.6. The molecule has 3 aromatic rings. The largest absolute Gasteiger partial charge is 0.289 e. The number of benzene rings is 3. The Balaban J connectivity index is 1.80. The van der Waals surface area contributed by atoms with Crippen molar-refractivity contribution in [1.82, 2.24) is 9.44 Å². The van der Waals surface area contributed by atoms with Crippen LogP contribution >= 0.6 is 0 Å². The summed E-state index contributed by atoms with van der Waals surface area (Å²) in [7, 11) is -8.26. The Morgan fingerprint density at radius 1 is 0.655 bits per heavy atom. The molecule has 0 spiro atoms. The number of nitro groups is 1. The number of sulfonamides is 2. The second-order valence-corrected chi connectivity index (χ2v) is 8.86. The summed E-state index contributed by atoms with van der Waals surface area (Å²) in [6, 6.07) is 17.6. The third kappa shape index (κ3) is 4.70. The van der Waals surface area contributed by atoms with E-state index in [1.165, 1.54) is 48.5 Å². The molecule has 0 N–H and O–H groups in total. The normalized spacial score (nSPS) is 11.6. The Morgan fingerprint density at radius 3 is 1.69 bits per heavy atom. The van der Waals surface area contributed by atoms with Crippen LogP contribution in [0, 0.1) is 10.1 Å². The molecule has 0 bridgehead atoms. The molecule has 11 heteroatoms. The summed E-state index contributed by atoms with van der Waals surface area (Å²) in [5.74, 6) is 0. The minimum absolute atomic E-state index is 0.0210. The van der Waals surface area contributed by atoms with Gasteiger partial charge in [-0.2, -0.15) is 26.3 Å². The predicted octanol–water partition coefficient (Wildman–Crippen LogP) is 2.84. The van der Waals surface area contributed by atoms with E-state index in [0.717, 1.165) is 12.1 Å². The molecular formula is C18H13N3O6S2. The zero-order valence-electron chi connectivity index (χ0n) is 14.6. The first-order valence-electron chi connectivity index (χ1n) is 8.04. The van der Waals surface area contributed by atoms with Crippen LogP contribution in [0.4, 0.5) is 17.1 Å². The van der Waals surface area contributed by atoms with Gasteiger partial charge in [-0.25, -0.2) is 0 Å². The first-order valence-corrected chi connectivity index (χ1v) is 10.9.